The normalized spacial score (nSPS) is 15.9. The van der Waals surface area contributed by atoms with Crippen molar-refractivity contribution in [1.29, 1.82) is 0 Å². The lowest BCUT2D eigenvalue weighted by atomic mass is 10.1. The number of hydrogen-bond donors (Lipinski definition) is 0. The van der Waals surface area contributed by atoms with Gasteiger partial charge in [-0.25, -0.2) is 0 Å². The molecule has 0 aliphatic carbocycles. The molecule has 0 aliphatic rings. The van der Waals surface area contributed by atoms with Crippen molar-refractivity contribution in [1.82, 2.24) is 0 Å². The maximum Gasteiger partial charge on any atom is 0.184 e. The SMILES string of the molecule is C=CC[C@H](C[C@H](CC=C)O[Si](C)(C)C)O[Si](C)(C)C. The van der Waals surface area contributed by atoms with Gasteiger partial charge in [-0.05, 0) is 58.5 Å². The first kappa shape index (κ1) is 18.8. The van der Waals surface area contributed by atoms with Crippen LogP contribution >= 0.6 is 0 Å². The Morgan fingerprint density at radius 1 is 0.789 bits per heavy atom. The Hall–Kier alpha value is -0.166. The summed E-state index contributed by atoms with van der Waals surface area (Å²) in [6.45, 7) is 21.0. The molecule has 112 valence electrons. The van der Waals surface area contributed by atoms with Gasteiger partial charge >= 0.3 is 0 Å². The molecular formula is C15H32O2Si2. The molecule has 0 unspecified atom stereocenters. The second kappa shape index (κ2) is 8.19. The van der Waals surface area contributed by atoms with Crippen LogP contribution in [0, 0.1) is 0 Å². The third-order valence-electron chi connectivity index (χ3n) is 2.43. The van der Waals surface area contributed by atoms with Gasteiger partial charge in [0.25, 0.3) is 0 Å². The molecule has 0 N–H and O–H groups in total. The van der Waals surface area contributed by atoms with E-state index in [4.69, 9.17) is 8.85 Å². The summed E-state index contributed by atoms with van der Waals surface area (Å²) in [5.41, 5.74) is 0. The fourth-order valence-electron chi connectivity index (χ4n) is 2.05. The quantitative estimate of drug-likeness (QED) is 0.419. The summed E-state index contributed by atoms with van der Waals surface area (Å²) in [6.07, 6.45) is 7.08. The van der Waals surface area contributed by atoms with Crippen LogP contribution in [0.2, 0.25) is 39.3 Å². The van der Waals surface area contributed by atoms with E-state index in [1.165, 1.54) is 0 Å². The van der Waals surface area contributed by atoms with Crippen LogP contribution < -0.4 is 0 Å². The predicted octanol–water partition coefficient (Wildman–Crippen LogP) is 4.97. The van der Waals surface area contributed by atoms with Gasteiger partial charge in [-0.2, -0.15) is 0 Å². The molecule has 0 amide bonds. The third kappa shape index (κ3) is 11.4. The van der Waals surface area contributed by atoms with Crippen molar-refractivity contribution in [3.05, 3.63) is 25.3 Å². The lowest BCUT2D eigenvalue weighted by Crippen LogP contribution is -2.37. The van der Waals surface area contributed by atoms with E-state index in [9.17, 15) is 0 Å². The molecule has 4 heteroatoms. The number of rotatable bonds is 10. The van der Waals surface area contributed by atoms with E-state index in [-0.39, 0.29) is 12.2 Å². The zero-order valence-electron chi connectivity index (χ0n) is 13.7. The summed E-state index contributed by atoms with van der Waals surface area (Å²) in [6, 6.07) is 0. The van der Waals surface area contributed by atoms with Gasteiger partial charge < -0.3 is 8.85 Å². The Morgan fingerprint density at radius 3 is 1.32 bits per heavy atom. The Morgan fingerprint density at radius 2 is 1.11 bits per heavy atom. The van der Waals surface area contributed by atoms with E-state index in [1.54, 1.807) is 0 Å². The molecule has 0 fully saturated rings. The highest BCUT2D eigenvalue weighted by molar-refractivity contribution is 6.70. The summed E-state index contributed by atoms with van der Waals surface area (Å²) in [5, 5.41) is 0. The number of hydrogen-bond acceptors (Lipinski definition) is 2. The highest BCUT2D eigenvalue weighted by Crippen LogP contribution is 2.21. The molecule has 0 saturated heterocycles. The van der Waals surface area contributed by atoms with Gasteiger partial charge in [0.05, 0.1) is 12.2 Å². The van der Waals surface area contributed by atoms with Gasteiger partial charge in [0.1, 0.15) is 0 Å². The second-order valence-electron chi connectivity index (χ2n) is 6.99. The smallest absolute Gasteiger partial charge is 0.184 e. The van der Waals surface area contributed by atoms with Gasteiger partial charge in [0.2, 0.25) is 0 Å². The second-order valence-corrected chi connectivity index (χ2v) is 15.9. The highest BCUT2D eigenvalue weighted by atomic mass is 28.4. The highest BCUT2D eigenvalue weighted by Gasteiger charge is 2.26. The molecule has 2 nitrogen and oxygen atoms in total. The molecule has 19 heavy (non-hydrogen) atoms. The van der Waals surface area contributed by atoms with Crippen LogP contribution in [0.5, 0.6) is 0 Å². The van der Waals surface area contributed by atoms with Crippen molar-refractivity contribution >= 4 is 16.6 Å². The predicted molar refractivity (Wildman–Crippen MR) is 90.7 cm³/mol. The first-order valence-electron chi connectivity index (χ1n) is 7.15. The van der Waals surface area contributed by atoms with Crippen molar-refractivity contribution in [3.63, 3.8) is 0 Å². The Kier molecular flexibility index (Phi) is 8.12. The molecule has 0 saturated carbocycles. The van der Waals surface area contributed by atoms with Crippen molar-refractivity contribution in [2.45, 2.75) is 70.8 Å². The maximum atomic E-state index is 6.24. The molecule has 0 aromatic carbocycles. The molecule has 0 radical (unpaired) electrons. The van der Waals surface area contributed by atoms with Crippen LogP contribution in [-0.2, 0) is 8.85 Å². The third-order valence-corrected chi connectivity index (χ3v) is 4.51. The molecule has 0 bridgehead atoms. The van der Waals surface area contributed by atoms with Gasteiger partial charge in [-0.3, -0.25) is 0 Å². The van der Waals surface area contributed by atoms with Crippen molar-refractivity contribution in [2.24, 2.45) is 0 Å². The monoisotopic (exact) mass is 300 g/mol. The van der Waals surface area contributed by atoms with Crippen molar-refractivity contribution in [3.8, 4) is 0 Å². The summed E-state index contributed by atoms with van der Waals surface area (Å²) in [5.74, 6) is 0. The van der Waals surface area contributed by atoms with E-state index in [0.29, 0.717) is 0 Å². The first-order chi connectivity index (χ1) is 8.57. The van der Waals surface area contributed by atoms with E-state index in [1.807, 2.05) is 12.2 Å². The molecule has 0 aromatic heterocycles. The van der Waals surface area contributed by atoms with E-state index in [2.05, 4.69) is 52.4 Å². The molecular weight excluding hydrogens is 268 g/mol. The summed E-state index contributed by atoms with van der Waals surface area (Å²) in [7, 11) is -3.05. The van der Waals surface area contributed by atoms with E-state index < -0.39 is 16.6 Å². The molecule has 0 heterocycles. The van der Waals surface area contributed by atoms with Crippen LogP contribution in [0.25, 0.3) is 0 Å². The zero-order valence-corrected chi connectivity index (χ0v) is 15.7. The summed E-state index contributed by atoms with van der Waals surface area (Å²) >= 11 is 0. The summed E-state index contributed by atoms with van der Waals surface area (Å²) in [4.78, 5) is 0. The largest absolute Gasteiger partial charge is 0.414 e. The zero-order chi connectivity index (χ0) is 15.1. The Bertz CT molecular complexity index is 249. The minimum atomic E-state index is -1.52. The van der Waals surface area contributed by atoms with Crippen LogP contribution in [0.15, 0.2) is 25.3 Å². The van der Waals surface area contributed by atoms with Crippen molar-refractivity contribution in [2.75, 3.05) is 0 Å². The van der Waals surface area contributed by atoms with E-state index >= 15 is 0 Å². The van der Waals surface area contributed by atoms with Crippen LogP contribution in [0.4, 0.5) is 0 Å². The molecule has 2 atom stereocenters. The fourth-order valence-corrected chi connectivity index (χ4v) is 4.43. The Balaban J connectivity index is 4.64. The molecule has 0 aliphatic heterocycles. The van der Waals surface area contributed by atoms with Gasteiger partial charge in [-0.15, -0.1) is 13.2 Å². The van der Waals surface area contributed by atoms with Crippen molar-refractivity contribution < 1.29 is 8.85 Å². The molecule has 0 rings (SSSR count). The minimum absolute atomic E-state index is 0.227. The first-order valence-corrected chi connectivity index (χ1v) is 14.0. The lowest BCUT2D eigenvalue weighted by molar-refractivity contribution is 0.105. The fraction of sp³-hybridized carbons (Fsp3) is 0.733. The lowest BCUT2D eigenvalue weighted by Gasteiger charge is -2.31. The van der Waals surface area contributed by atoms with Gasteiger partial charge in [0.15, 0.2) is 16.6 Å². The molecule has 0 aromatic rings. The van der Waals surface area contributed by atoms with E-state index in [0.717, 1.165) is 19.3 Å². The Labute approximate surface area is 122 Å². The average Bonchev–Trinajstić information content (AvgIpc) is 2.12. The maximum absolute atomic E-state index is 6.24. The van der Waals surface area contributed by atoms with Crippen LogP contribution in [-0.4, -0.2) is 28.8 Å². The van der Waals surface area contributed by atoms with Gasteiger partial charge in [-0.1, -0.05) is 12.2 Å². The van der Waals surface area contributed by atoms with Crippen LogP contribution in [0.1, 0.15) is 19.3 Å². The molecule has 0 spiro atoms. The summed E-state index contributed by atoms with van der Waals surface area (Å²) < 4.78 is 12.5. The van der Waals surface area contributed by atoms with Crippen LogP contribution in [0.3, 0.4) is 0 Å². The topological polar surface area (TPSA) is 18.5 Å². The standard InChI is InChI=1S/C15H32O2Si2/c1-9-11-14(16-18(3,4)5)13-15(12-10-2)17-19(6,7)8/h9-10,14-15H,1-2,11-13H2,3-8H3/t14-,15+. The minimum Gasteiger partial charge on any atom is -0.414 e. The average molecular weight is 301 g/mol. The van der Waals surface area contributed by atoms with Gasteiger partial charge in [0, 0.05) is 0 Å².